The molecule has 0 bridgehead atoms. The predicted octanol–water partition coefficient (Wildman–Crippen LogP) is 1.55. The molecule has 1 saturated heterocycles. The van der Waals surface area contributed by atoms with E-state index in [4.69, 9.17) is 0 Å². The van der Waals surface area contributed by atoms with Gasteiger partial charge in [0.2, 0.25) is 5.91 Å². The van der Waals surface area contributed by atoms with Crippen molar-refractivity contribution < 1.29 is 19.5 Å². The number of rotatable bonds is 6. The Morgan fingerprint density at radius 2 is 2.00 bits per heavy atom. The van der Waals surface area contributed by atoms with Gasteiger partial charge in [0, 0.05) is 31.0 Å². The van der Waals surface area contributed by atoms with Crippen LogP contribution in [0.25, 0.3) is 0 Å². The zero-order valence-corrected chi connectivity index (χ0v) is 14.6. The topological polar surface area (TPSA) is 99.6 Å². The average Bonchev–Trinajstić information content (AvgIpc) is 2.60. The molecule has 1 aliphatic rings. The lowest BCUT2D eigenvalue weighted by molar-refractivity contribution is -0.143. The maximum absolute atomic E-state index is 12.5. The van der Waals surface area contributed by atoms with Crippen LogP contribution in [0.4, 0.5) is 0 Å². The number of carbonyl (C=O) groups excluding carboxylic acids is 2. The maximum Gasteiger partial charge on any atom is 0.326 e. The number of carboxylic acids is 1. The smallest absolute Gasteiger partial charge is 0.326 e. The van der Waals surface area contributed by atoms with Crippen LogP contribution in [0.1, 0.15) is 43.5 Å². The lowest BCUT2D eigenvalue weighted by atomic mass is 9.95. The molecule has 2 atom stereocenters. The number of nitrogens with one attached hydrogen (secondary N) is 1. The zero-order chi connectivity index (χ0) is 18.4. The standard InChI is InChI=1S/C18H25N3O4/c1-12(2)10-15(18(24)25)20-16(22)14-4-3-9-21(11-14)17(23)13-5-7-19-8-6-13/h5-8,12,14-15H,3-4,9-11H2,1-2H3,(H,20,22)(H,24,25)/t14?,15-/m0/s1. The molecule has 0 saturated carbocycles. The van der Waals surface area contributed by atoms with Crippen LogP contribution in [0, 0.1) is 11.8 Å². The Kier molecular flexibility index (Phi) is 6.50. The molecule has 2 N–H and O–H groups in total. The van der Waals surface area contributed by atoms with Crippen molar-refractivity contribution in [2.45, 2.75) is 39.2 Å². The van der Waals surface area contributed by atoms with E-state index in [1.165, 1.54) is 0 Å². The number of piperidine rings is 1. The summed E-state index contributed by atoms with van der Waals surface area (Å²) in [6.07, 6.45) is 4.87. The average molecular weight is 347 g/mol. The third-order valence-corrected chi connectivity index (χ3v) is 4.33. The molecule has 0 spiro atoms. The molecule has 2 rings (SSSR count). The van der Waals surface area contributed by atoms with Crippen molar-refractivity contribution in [2.75, 3.05) is 13.1 Å². The number of hydrogen-bond acceptors (Lipinski definition) is 4. The van der Waals surface area contributed by atoms with Gasteiger partial charge in [0.05, 0.1) is 5.92 Å². The summed E-state index contributed by atoms with van der Waals surface area (Å²) in [5.41, 5.74) is 0.541. The molecular weight excluding hydrogens is 322 g/mol. The van der Waals surface area contributed by atoms with Crippen LogP contribution in [-0.4, -0.2) is 51.9 Å². The largest absolute Gasteiger partial charge is 0.480 e. The number of hydrogen-bond donors (Lipinski definition) is 2. The maximum atomic E-state index is 12.5. The Morgan fingerprint density at radius 3 is 2.60 bits per heavy atom. The minimum atomic E-state index is -1.03. The fourth-order valence-corrected chi connectivity index (χ4v) is 3.04. The van der Waals surface area contributed by atoms with E-state index in [-0.39, 0.29) is 23.7 Å². The van der Waals surface area contributed by atoms with Gasteiger partial charge in [-0.05, 0) is 37.3 Å². The Morgan fingerprint density at radius 1 is 1.32 bits per heavy atom. The normalized spacial score (nSPS) is 18.7. The molecule has 1 unspecified atom stereocenters. The first-order valence-electron chi connectivity index (χ1n) is 8.61. The van der Waals surface area contributed by atoms with E-state index < -0.39 is 12.0 Å². The molecule has 0 aromatic carbocycles. The summed E-state index contributed by atoms with van der Waals surface area (Å²) < 4.78 is 0. The van der Waals surface area contributed by atoms with Crippen molar-refractivity contribution in [2.24, 2.45) is 11.8 Å². The van der Waals surface area contributed by atoms with Crippen LogP contribution in [0.3, 0.4) is 0 Å². The fraction of sp³-hybridized carbons (Fsp3) is 0.556. The van der Waals surface area contributed by atoms with Crippen molar-refractivity contribution in [1.82, 2.24) is 15.2 Å². The molecule has 7 heteroatoms. The SMILES string of the molecule is CC(C)C[C@H](NC(=O)C1CCCN(C(=O)c2ccncc2)C1)C(=O)O. The molecule has 25 heavy (non-hydrogen) atoms. The molecule has 1 fully saturated rings. The number of aromatic nitrogens is 1. The Bertz CT molecular complexity index is 618. The van der Waals surface area contributed by atoms with E-state index >= 15 is 0 Å². The molecule has 2 heterocycles. The van der Waals surface area contributed by atoms with Crippen LogP contribution in [0.2, 0.25) is 0 Å². The minimum Gasteiger partial charge on any atom is -0.480 e. The summed E-state index contributed by atoms with van der Waals surface area (Å²) in [5, 5.41) is 11.9. The lowest BCUT2D eigenvalue weighted by Crippen LogP contribution is -2.49. The van der Waals surface area contributed by atoms with Crippen molar-refractivity contribution in [3.8, 4) is 0 Å². The summed E-state index contributed by atoms with van der Waals surface area (Å²) in [5.74, 6) is -1.66. The third kappa shape index (κ3) is 5.27. The number of carboxylic acid groups (broad SMARTS) is 1. The molecule has 7 nitrogen and oxygen atoms in total. The number of amides is 2. The van der Waals surface area contributed by atoms with Crippen LogP contribution >= 0.6 is 0 Å². The summed E-state index contributed by atoms with van der Waals surface area (Å²) in [6.45, 7) is 4.73. The van der Waals surface area contributed by atoms with Gasteiger partial charge in [-0.1, -0.05) is 13.8 Å². The van der Waals surface area contributed by atoms with Gasteiger partial charge in [0.25, 0.3) is 5.91 Å². The quantitative estimate of drug-likeness (QED) is 0.813. The van der Waals surface area contributed by atoms with Crippen LogP contribution < -0.4 is 5.32 Å². The molecule has 136 valence electrons. The first-order valence-corrected chi connectivity index (χ1v) is 8.61. The second-order valence-corrected chi connectivity index (χ2v) is 6.86. The lowest BCUT2D eigenvalue weighted by Gasteiger charge is -2.32. The van der Waals surface area contributed by atoms with Gasteiger partial charge in [-0.2, -0.15) is 0 Å². The van der Waals surface area contributed by atoms with Gasteiger partial charge >= 0.3 is 5.97 Å². The Balaban J connectivity index is 1.99. The summed E-state index contributed by atoms with van der Waals surface area (Å²) in [6, 6.07) is 2.41. The summed E-state index contributed by atoms with van der Waals surface area (Å²) >= 11 is 0. The van der Waals surface area contributed by atoms with Gasteiger partial charge in [-0.15, -0.1) is 0 Å². The van der Waals surface area contributed by atoms with Crippen molar-refractivity contribution in [3.63, 3.8) is 0 Å². The van der Waals surface area contributed by atoms with E-state index in [1.807, 2.05) is 13.8 Å². The van der Waals surface area contributed by atoms with Crippen LogP contribution in [-0.2, 0) is 9.59 Å². The Hall–Kier alpha value is -2.44. The number of likely N-dealkylation sites (tertiary alicyclic amines) is 1. The second kappa shape index (κ2) is 8.60. The Labute approximate surface area is 147 Å². The van der Waals surface area contributed by atoms with E-state index in [2.05, 4.69) is 10.3 Å². The number of pyridine rings is 1. The molecule has 0 radical (unpaired) electrons. The molecule has 2 amide bonds. The fourth-order valence-electron chi connectivity index (χ4n) is 3.04. The number of aliphatic carboxylic acids is 1. The van der Waals surface area contributed by atoms with Gasteiger partial charge in [-0.25, -0.2) is 4.79 Å². The molecule has 1 aromatic heterocycles. The van der Waals surface area contributed by atoms with Gasteiger partial charge in [0.15, 0.2) is 0 Å². The molecule has 1 aromatic rings. The number of nitrogens with zero attached hydrogens (tertiary/aromatic N) is 2. The first kappa shape index (κ1) is 18.9. The van der Waals surface area contributed by atoms with E-state index in [1.54, 1.807) is 29.4 Å². The highest BCUT2D eigenvalue weighted by Crippen LogP contribution is 2.19. The van der Waals surface area contributed by atoms with Crippen molar-refractivity contribution >= 4 is 17.8 Å². The predicted molar refractivity (Wildman–Crippen MR) is 91.9 cm³/mol. The number of carbonyl (C=O) groups is 3. The summed E-state index contributed by atoms with van der Waals surface area (Å²) in [7, 11) is 0. The summed E-state index contributed by atoms with van der Waals surface area (Å²) in [4.78, 5) is 41.9. The molecule has 1 aliphatic heterocycles. The van der Waals surface area contributed by atoms with Gasteiger partial charge in [0.1, 0.15) is 6.04 Å². The van der Waals surface area contributed by atoms with Gasteiger partial charge < -0.3 is 15.3 Å². The van der Waals surface area contributed by atoms with Crippen molar-refractivity contribution in [3.05, 3.63) is 30.1 Å². The zero-order valence-electron chi connectivity index (χ0n) is 14.6. The van der Waals surface area contributed by atoms with Crippen LogP contribution in [0.5, 0.6) is 0 Å². The molecular formula is C18H25N3O4. The monoisotopic (exact) mass is 347 g/mol. The van der Waals surface area contributed by atoms with E-state index in [0.717, 1.165) is 6.42 Å². The third-order valence-electron chi connectivity index (χ3n) is 4.33. The highest BCUT2D eigenvalue weighted by atomic mass is 16.4. The highest BCUT2D eigenvalue weighted by Gasteiger charge is 2.31. The second-order valence-electron chi connectivity index (χ2n) is 6.86. The van der Waals surface area contributed by atoms with Gasteiger partial charge in [-0.3, -0.25) is 14.6 Å². The highest BCUT2D eigenvalue weighted by molar-refractivity contribution is 5.94. The molecule has 0 aliphatic carbocycles. The first-order chi connectivity index (χ1) is 11.9. The van der Waals surface area contributed by atoms with E-state index in [9.17, 15) is 19.5 Å². The van der Waals surface area contributed by atoms with Crippen LogP contribution in [0.15, 0.2) is 24.5 Å². The van der Waals surface area contributed by atoms with E-state index in [0.29, 0.717) is 31.5 Å². The van der Waals surface area contributed by atoms with Crippen molar-refractivity contribution in [1.29, 1.82) is 0 Å². The minimum absolute atomic E-state index is 0.128.